The molecule has 0 aliphatic carbocycles. The molecular formula is C16H17ClFNO. The Balaban J connectivity index is 2.14. The van der Waals surface area contributed by atoms with Gasteiger partial charge in [-0.15, -0.1) is 0 Å². The van der Waals surface area contributed by atoms with E-state index in [0.717, 1.165) is 22.4 Å². The number of nitrogens with two attached hydrogens (primary N) is 1. The van der Waals surface area contributed by atoms with Crippen LogP contribution in [0.4, 0.5) is 4.39 Å². The molecule has 0 atom stereocenters. The summed E-state index contributed by atoms with van der Waals surface area (Å²) >= 11 is 5.97. The molecule has 0 bridgehead atoms. The zero-order chi connectivity index (χ0) is 14.5. The molecule has 0 aromatic heterocycles. The van der Waals surface area contributed by atoms with Crippen molar-refractivity contribution in [2.24, 2.45) is 5.73 Å². The Bertz CT molecular complexity index is 601. The van der Waals surface area contributed by atoms with Gasteiger partial charge in [0.15, 0.2) is 0 Å². The predicted octanol–water partition coefficient (Wildman–Crippen LogP) is 3.87. The van der Waals surface area contributed by atoms with Crippen molar-refractivity contribution >= 4 is 11.6 Å². The lowest BCUT2D eigenvalue weighted by molar-refractivity contribution is 0.302. The molecule has 0 fully saturated rings. The Morgan fingerprint density at radius 2 is 1.95 bits per heavy atom. The molecule has 2 rings (SSSR count). The molecule has 4 heteroatoms. The van der Waals surface area contributed by atoms with E-state index in [9.17, 15) is 4.39 Å². The Morgan fingerprint density at radius 1 is 1.15 bits per heavy atom. The Hall–Kier alpha value is -1.58. The molecule has 0 amide bonds. The lowest BCUT2D eigenvalue weighted by Crippen LogP contribution is -2.06. The van der Waals surface area contributed by atoms with E-state index in [1.165, 1.54) is 12.1 Å². The van der Waals surface area contributed by atoms with Crippen LogP contribution in [0.5, 0.6) is 5.75 Å². The quantitative estimate of drug-likeness (QED) is 0.908. The maximum atomic E-state index is 13.1. The summed E-state index contributed by atoms with van der Waals surface area (Å²) in [6.45, 7) is 2.79. The van der Waals surface area contributed by atoms with Gasteiger partial charge in [-0.05, 0) is 66.9 Å². The van der Waals surface area contributed by atoms with E-state index in [1.807, 2.05) is 19.1 Å². The molecule has 0 saturated carbocycles. The SMILES string of the molecule is Cc1cc(F)ccc1COc1ccc(Cl)cc1CCN. The maximum absolute atomic E-state index is 13.1. The Kier molecular flexibility index (Phi) is 4.99. The van der Waals surface area contributed by atoms with Crippen molar-refractivity contribution < 1.29 is 9.13 Å². The fourth-order valence-corrected chi connectivity index (χ4v) is 2.21. The van der Waals surface area contributed by atoms with Gasteiger partial charge in [-0.1, -0.05) is 17.7 Å². The molecule has 2 aromatic rings. The van der Waals surface area contributed by atoms with Crippen LogP contribution >= 0.6 is 11.6 Å². The average Bonchev–Trinajstić information content (AvgIpc) is 2.40. The van der Waals surface area contributed by atoms with Gasteiger partial charge in [-0.25, -0.2) is 4.39 Å². The van der Waals surface area contributed by atoms with Crippen molar-refractivity contribution in [2.45, 2.75) is 20.0 Å². The molecule has 0 spiro atoms. The first-order valence-corrected chi connectivity index (χ1v) is 6.84. The number of benzene rings is 2. The van der Waals surface area contributed by atoms with Crippen LogP contribution in [-0.2, 0) is 13.0 Å². The lowest BCUT2D eigenvalue weighted by Gasteiger charge is -2.13. The first-order chi connectivity index (χ1) is 9.60. The second kappa shape index (κ2) is 6.73. The van der Waals surface area contributed by atoms with Gasteiger partial charge in [0.1, 0.15) is 18.2 Å². The highest BCUT2D eigenvalue weighted by Crippen LogP contribution is 2.24. The van der Waals surface area contributed by atoms with Crippen molar-refractivity contribution in [1.29, 1.82) is 0 Å². The van der Waals surface area contributed by atoms with Gasteiger partial charge in [-0.2, -0.15) is 0 Å². The van der Waals surface area contributed by atoms with Crippen LogP contribution in [0.15, 0.2) is 36.4 Å². The van der Waals surface area contributed by atoms with Crippen LogP contribution in [0.3, 0.4) is 0 Å². The molecule has 0 heterocycles. The zero-order valence-electron chi connectivity index (χ0n) is 11.3. The van der Waals surface area contributed by atoms with Crippen molar-refractivity contribution in [3.63, 3.8) is 0 Å². The number of ether oxygens (including phenoxy) is 1. The summed E-state index contributed by atoms with van der Waals surface area (Å²) in [6.07, 6.45) is 0.707. The van der Waals surface area contributed by atoms with Gasteiger partial charge in [0.25, 0.3) is 0 Å². The molecule has 0 radical (unpaired) electrons. The van der Waals surface area contributed by atoms with Crippen LogP contribution < -0.4 is 10.5 Å². The van der Waals surface area contributed by atoms with Crippen LogP contribution in [-0.4, -0.2) is 6.54 Å². The number of halogens is 2. The van der Waals surface area contributed by atoms with Gasteiger partial charge in [0.2, 0.25) is 0 Å². The average molecular weight is 294 g/mol. The fourth-order valence-electron chi connectivity index (χ4n) is 2.02. The zero-order valence-corrected chi connectivity index (χ0v) is 12.1. The van der Waals surface area contributed by atoms with Gasteiger partial charge < -0.3 is 10.5 Å². The van der Waals surface area contributed by atoms with E-state index in [1.54, 1.807) is 12.1 Å². The molecule has 2 nitrogen and oxygen atoms in total. The Labute approximate surface area is 123 Å². The number of aryl methyl sites for hydroxylation is 1. The molecule has 2 N–H and O–H groups in total. The summed E-state index contributed by atoms with van der Waals surface area (Å²) in [7, 11) is 0. The summed E-state index contributed by atoms with van der Waals surface area (Å²) < 4.78 is 18.9. The summed E-state index contributed by atoms with van der Waals surface area (Å²) in [5.74, 6) is 0.533. The van der Waals surface area contributed by atoms with Crippen LogP contribution in [0.25, 0.3) is 0 Å². The third kappa shape index (κ3) is 3.71. The normalized spacial score (nSPS) is 10.6. The number of hydrogen-bond donors (Lipinski definition) is 1. The highest BCUT2D eigenvalue weighted by atomic mass is 35.5. The third-order valence-corrected chi connectivity index (χ3v) is 3.36. The van der Waals surface area contributed by atoms with Crippen LogP contribution in [0, 0.1) is 12.7 Å². The van der Waals surface area contributed by atoms with Gasteiger partial charge in [0.05, 0.1) is 0 Å². The Morgan fingerprint density at radius 3 is 2.65 bits per heavy atom. The summed E-state index contributed by atoms with van der Waals surface area (Å²) in [6, 6.07) is 10.2. The topological polar surface area (TPSA) is 35.2 Å². The fraction of sp³-hybridized carbons (Fsp3) is 0.250. The molecule has 0 unspecified atom stereocenters. The smallest absolute Gasteiger partial charge is 0.123 e. The minimum absolute atomic E-state index is 0.235. The van der Waals surface area contributed by atoms with Crippen molar-refractivity contribution in [1.82, 2.24) is 0 Å². The highest BCUT2D eigenvalue weighted by Gasteiger charge is 2.06. The highest BCUT2D eigenvalue weighted by molar-refractivity contribution is 6.30. The lowest BCUT2D eigenvalue weighted by atomic mass is 10.1. The summed E-state index contributed by atoms with van der Waals surface area (Å²) in [5.41, 5.74) is 8.41. The minimum atomic E-state index is -0.235. The van der Waals surface area contributed by atoms with Crippen LogP contribution in [0.2, 0.25) is 5.02 Å². The van der Waals surface area contributed by atoms with E-state index in [0.29, 0.717) is 24.6 Å². The van der Waals surface area contributed by atoms with Crippen molar-refractivity contribution in [3.05, 3.63) is 63.9 Å². The number of hydrogen-bond acceptors (Lipinski definition) is 2. The maximum Gasteiger partial charge on any atom is 0.123 e. The number of rotatable bonds is 5. The van der Waals surface area contributed by atoms with E-state index in [4.69, 9.17) is 22.1 Å². The summed E-state index contributed by atoms with van der Waals surface area (Å²) in [5, 5.41) is 0.666. The van der Waals surface area contributed by atoms with Crippen LogP contribution in [0.1, 0.15) is 16.7 Å². The molecule has 0 saturated heterocycles. The van der Waals surface area contributed by atoms with Crippen molar-refractivity contribution in [3.8, 4) is 5.75 Å². The standard InChI is InChI=1S/C16H17ClFNO/c1-11-8-15(18)4-2-13(11)10-20-16-5-3-14(17)9-12(16)6-7-19/h2-5,8-9H,6-7,10,19H2,1H3. The molecule has 20 heavy (non-hydrogen) atoms. The van der Waals surface area contributed by atoms with E-state index < -0.39 is 0 Å². The third-order valence-electron chi connectivity index (χ3n) is 3.12. The van der Waals surface area contributed by atoms with Gasteiger partial charge in [-0.3, -0.25) is 0 Å². The first-order valence-electron chi connectivity index (χ1n) is 6.46. The predicted molar refractivity (Wildman–Crippen MR) is 79.7 cm³/mol. The van der Waals surface area contributed by atoms with Gasteiger partial charge in [0, 0.05) is 5.02 Å². The molecule has 0 aliphatic rings. The molecule has 0 aliphatic heterocycles. The molecular weight excluding hydrogens is 277 g/mol. The summed E-state index contributed by atoms with van der Waals surface area (Å²) in [4.78, 5) is 0. The van der Waals surface area contributed by atoms with E-state index in [2.05, 4.69) is 0 Å². The molecule has 2 aromatic carbocycles. The van der Waals surface area contributed by atoms with E-state index in [-0.39, 0.29) is 5.82 Å². The van der Waals surface area contributed by atoms with Crippen molar-refractivity contribution in [2.75, 3.05) is 6.54 Å². The second-order valence-electron chi connectivity index (χ2n) is 4.65. The minimum Gasteiger partial charge on any atom is -0.489 e. The first kappa shape index (κ1) is 14.8. The molecule has 106 valence electrons. The second-order valence-corrected chi connectivity index (χ2v) is 5.09. The largest absolute Gasteiger partial charge is 0.489 e. The van der Waals surface area contributed by atoms with E-state index >= 15 is 0 Å². The monoisotopic (exact) mass is 293 g/mol. The van der Waals surface area contributed by atoms with Gasteiger partial charge >= 0.3 is 0 Å².